The summed E-state index contributed by atoms with van der Waals surface area (Å²) in [6.07, 6.45) is 6.92. The van der Waals surface area contributed by atoms with Crippen molar-refractivity contribution in [1.82, 2.24) is 14.7 Å². The van der Waals surface area contributed by atoms with Crippen LogP contribution in [-0.2, 0) is 9.59 Å². The molecule has 4 fully saturated rings. The Bertz CT molecular complexity index is 1260. The van der Waals surface area contributed by atoms with Crippen LogP contribution in [-0.4, -0.2) is 39.6 Å². The third-order valence-corrected chi connectivity index (χ3v) is 8.75. The smallest absolute Gasteiger partial charge is 0.245 e. The van der Waals surface area contributed by atoms with Gasteiger partial charge in [0.25, 0.3) is 0 Å². The van der Waals surface area contributed by atoms with Crippen LogP contribution < -0.4 is 5.32 Å². The Balaban J connectivity index is 1.24. The Hall–Kier alpha value is -3.41. The second-order valence-corrected chi connectivity index (χ2v) is 12.4. The number of carbonyl (C=O) groups is 2. The van der Waals surface area contributed by atoms with Gasteiger partial charge in [0.15, 0.2) is 0 Å². The summed E-state index contributed by atoms with van der Waals surface area (Å²) in [6, 6.07) is 21.7. The van der Waals surface area contributed by atoms with Gasteiger partial charge in [0.2, 0.25) is 11.8 Å². The Labute approximate surface area is 225 Å². The van der Waals surface area contributed by atoms with Crippen molar-refractivity contribution in [2.45, 2.75) is 52.4 Å². The highest BCUT2D eigenvalue weighted by Crippen LogP contribution is 2.60. The highest BCUT2D eigenvalue weighted by Gasteiger charge is 2.55. The summed E-state index contributed by atoms with van der Waals surface area (Å²) in [5, 5.41) is 7.91. The molecule has 0 aliphatic heterocycles. The van der Waals surface area contributed by atoms with Gasteiger partial charge in [-0.1, -0.05) is 62.4 Å². The van der Waals surface area contributed by atoms with E-state index in [-0.39, 0.29) is 23.8 Å². The zero-order valence-corrected chi connectivity index (χ0v) is 22.5. The molecule has 2 amide bonds. The summed E-state index contributed by atoms with van der Waals surface area (Å²) >= 11 is 0. The lowest BCUT2D eigenvalue weighted by molar-refractivity contribution is -0.159. The van der Waals surface area contributed by atoms with Gasteiger partial charge < -0.3 is 10.2 Å². The van der Waals surface area contributed by atoms with E-state index >= 15 is 0 Å². The molecule has 2 aromatic carbocycles. The van der Waals surface area contributed by atoms with Gasteiger partial charge in [-0.25, -0.2) is 4.68 Å². The molecule has 4 saturated carbocycles. The van der Waals surface area contributed by atoms with Crippen molar-refractivity contribution in [2.24, 2.45) is 29.1 Å². The van der Waals surface area contributed by atoms with Gasteiger partial charge in [-0.15, -0.1) is 0 Å². The second kappa shape index (κ2) is 10.0. The molecule has 4 bridgehead atoms. The fraction of sp³-hybridized carbons (Fsp3) is 0.469. The summed E-state index contributed by atoms with van der Waals surface area (Å²) in [5.74, 6) is 3.00. The van der Waals surface area contributed by atoms with E-state index in [0.717, 1.165) is 36.2 Å². The zero-order chi connectivity index (χ0) is 26.3. The molecule has 198 valence electrons. The topological polar surface area (TPSA) is 67.2 Å². The first-order valence-electron chi connectivity index (χ1n) is 14.2. The number of aromatic nitrogens is 2. The van der Waals surface area contributed by atoms with Crippen molar-refractivity contribution in [1.29, 1.82) is 0 Å². The molecule has 38 heavy (non-hydrogen) atoms. The van der Waals surface area contributed by atoms with E-state index in [2.05, 4.69) is 19.2 Å². The number of nitrogens with zero attached hydrogens (tertiary/aromatic N) is 3. The number of rotatable bonds is 8. The predicted octanol–water partition coefficient (Wildman–Crippen LogP) is 6.18. The monoisotopic (exact) mass is 510 g/mol. The molecule has 0 atom stereocenters. The SMILES string of the molecule is CC(C)CN(CC(=O)Nc1cc(-c2ccccc2)nn1-c1ccccc1)C(=O)C12CC3CC(CC(C3)C1)C2. The first kappa shape index (κ1) is 24.9. The van der Waals surface area contributed by atoms with Crippen molar-refractivity contribution in [3.05, 3.63) is 66.7 Å². The molecular weight excluding hydrogens is 472 g/mol. The molecule has 6 nitrogen and oxygen atoms in total. The molecular formula is C32H38N4O2. The Morgan fingerprint density at radius 2 is 1.53 bits per heavy atom. The first-order valence-corrected chi connectivity index (χ1v) is 14.2. The fourth-order valence-corrected chi connectivity index (χ4v) is 7.71. The lowest BCUT2D eigenvalue weighted by atomic mass is 9.49. The minimum Gasteiger partial charge on any atom is -0.333 e. The maximum Gasteiger partial charge on any atom is 0.245 e. The molecule has 1 N–H and O–H groups in total. The van der Waals surface area contributed by atoms with Crippen LogP contribution in [0.5, 0.6) is 0 Å². The summed E-state index contributed by atoms with van der Waals surface area (Å²) in [5.41, 5.74) is 2.38. The number of amides is 2. The largest absolute Gasteiger partial charge is 0.333 e. The van der Waals surface area contributed by atoms with Crippen molar-refractivity contribution in [3.63, 3.8) is 0 Å². The van der Waals surface area contributed by atoms with Gasteiger partial charge in [0.1, 0.15) is 5.82 Å². The quantitative estimate of drug-likeness (QED) is 0.394. The van der Waals surface area contributed by atoms with Crippen LogP contribution >= 0.6 is 0 Å². The van der Waals surface area contributed by atoms with Gasteiger partial charge in [0, 0.05) is 18.2 Å². The minimum atomic E-state index is -0.254. The van der Waals surface area contributed by atoms with E-state index < -0.39 is 0 Å². The fourth-order valence-electron chi connectivity index (χ4n) is 7.71. The summed E-state index contributed by atoms with van der Waals surface area (Å²) < 4.78 is 1.77. The number of anilines is 1. The van der Waals surface area contributed by atoms with Gasteiger partial charge >= 0.3 is 0 Å². The maximum atomic E-state index is 14.1. The van der Waals surface area contributed by atoms with E-state index in [1.165, 1.54) is 19.3 Å². The molecule has 1 aromatic heterocycles. The van der Waals surface area contributed by atoms with E-state index in [4.69, 9.17) is 5.10 Å². The standard InChI is InChI=1S/C32H38N4O2/c1-22(2)20-35(31(38)32-17-23-13-24(18-32)15-25(14-23)19-32)21-30(37)33-29-16-28(26-9-5-3-6-10-26)34-36(29)27-11-7-4-8-12-27/h3-12,16,22-25H,13-15,17-21H2,1-2H3,(H,33,37). The Morgan fingerprint density at radius 3 is 2.11 bits per heavy atom. The van der Waals surface area contributed by atoms with Crippen LogP contribution in [0.1, 0.15) is 52.4 Å². The van der Waals surface area contributed by atoms with Crippen LogP contribution in [0.15, 0.2) is 66.7 Å². The van der Waals surface area contributed by atoms with Gasteiger partial charge in [-0.2, -0.15) is 5.10 Å². The molecule has 1 heterocycles. The van der Waals surface area contributed by atoms with Crippen LogP contribution in [0.2, 0.25) is 0 Å². The first-order chi connectivity index (χ1) is 18.4. The molecule has 0 spiro atoms. The van der Waals surface area contributed by atoms with Crippen LogP contribution in [0.3, 0.4) is 0 Å². The third kappa shape index (κ3) is 4.89. The van der Waals surface area contributed by atoms with Gasteiger partial charge in [0.05, 0.1) is 23.3 Å². The Morgan fingerprint density at radius 1 is 0.947 bits per heavy atom. The maximum absolute atomic E-state index is 14.1. The number of nitrogens with one attached hydrogen (secondary N) is 1. The van der Waals surface area contributed by atoms with Crippen molar-refractivity contribution in [2.75, 3.05) is 18.4 Å². The molecule has 0 unspecified atom stereocenters. The summed E-state index contributed by atoms with van der Waals surface area (Å²) in [4.78, 5) is 29.5. The van der Waals surface area contributed by atoms with E-state index in [1.54, 1.807) is 4.68 Å². The number of carbonyl (C=O) groups excluding carboxylic acids is 2. The molecule has 4 aliphatic rings. The molecule has 0 saturated heterocycles. The second-order valence-electron chi connectivity index (χ2n) is 12.4. The molecule has 4 aliphatic carbocycles. The Kier molecular flexibility index (Phi) is 6.58. The molecule has 7 rings (SSSR count). The van der Waals surface area contributed by atoms with Crippen LogP contribution in [0.4, 0.5) is 5.82 Å². The number of para-hydroxylation sites is 1. The van der Waals surface area contributed by atoms with E-state index in [1.807, 2.05) is 71.6 Å². The summed E-state index contributed by atoms with van der Waals surface area (Å²) in [7, 11) is 0. The van der Waals surface area contributed by atoms with Crippen LogP contribution in [0, 0.1) is 29.1 Å². The lowest BCUT2D eigenvalue weighted by Crippen LogP contribution is -2.56. The van der Waals surface area contributed by atoms with Crippen molar-refractivity contribution < 1.29 is 9.59 Å². The molecule has 0 radical (unpaired) electrons. The van der Waals surface area contributed by atoms with Crippen molar-refractivity contribution >= 4 is 17.6 Å². The molecule has 6 heteroatoms. The van der Waals surface area contributed by atoms with Crippen LogP contribution in [0.25, 0.3) is 16.9 Å². The zero-order valence-electron chi connectivity index (χ0n) is 22.5. The average Bonchev–Trinajstić information content (AvgIpc) is 3.31. The van der Waals surface area contributed by atoms with Gasteiger partial charge in [-0.3, -0.25) is 9.59 Å². The molecule has 3 aromatic rings. The van der Waals surface area contributed by atoms with Crippen molar-refractivity contribution in [3.8, 4) is 16.9 Å². The summed E-state index contributed by atoms with van der Waals surface area (Å²) in [6.45, 7) is 4.91. The van der Waals surface area contributed by atoms with E-state index in [9.17, 15) is 9.59 Å². The number of benzene rings is 2. The van der Waals surface area contributed by atoms with Gasteiger partial charge in [-0.05, 0) is 74.3 Å². The number of hydrogen-bond donors (Lipinski definition) is 1. The lowest BCUT2D eigenvalue weighted by Gasteiger charge is -2.56. The normalized spacial score (nSPS) is 25.5. The van der Waals surface area contributed by atoms with E-state index in [0.29, 0.717) is 36.0 Å². The third-order valence-electron chi connectivity index (χ3n) is 8.75. The predicted molar refractivity (Wildman–Crippen MR) is 150 cm³/mol. The average molecular weight is 511 g/mol. The minimum absolute atomic E-state index is 0.0689. The highest BCUT2D eigenvalue weighted by atomic mass is 16.2. The highest BCUT2D eigenvalue weighted by molar-refractivity contribution is 5.95. The number of hydrogen-bond acceptors (Lipinski definition) is 3.